The van der Waals surface area contributed by atoms with Crippen molar-refractivity contribution in [3.63, 3.8) is 0 Å². The van der Waals surface area contributed by atoms with Crippen LogP contribution in [0.1, 0.15) is 40.8 Å². The van der Waals surface area contributed by atoms with Gasteiger partial charge >= 0.3 is 0 Å². The molecular formula is C21H21N5OS. The summed E-state index contributed by atoms with van der Waals surface area (Å²) in [6.07, 6.45) is 3.40. The molecule has 0 spiro atoms. The van der Waals surface area contributed by atoms with Crippen LogP contribution in [0.2, 0.25) is 0 Å². The van der Waals surface area contributed by atoms with Gasteiger partial charge in [0, 0.05) is 28.5 Å². The van der Waals surface area contributed by atoms with E-state index in [1.807, 2.05) is 29.8 Å². The van der Waals surface area contributed by atoms with Gasteiger partial charge in [0.15, 0.2) is 5.65 Å². The number of pyridine rings is 2. The number of fused-ring (bicyclic) bond motifs is 1. The van der Waals surface area contributed by atoms with Crippen LogP contribution in [0.5, 0.6) is 0 Å². The number of thiophene rings is 1. The van der Waals surface area contributed by atoms with Gasteiger partial charge in [-0.25, -0.2) is 9.67 Å². The number of anilines is 1. The number of amides is 1. The van der Waals surface area contributed by atoms with E-state index < -0.39 is 0 Å². The first-order valence-electron chi connectivity index (χ1n) is 9.11. The van der Waals surface area contributed by atoms with Crippen LogP contribution in [0.3, 0.4) is 0 Å². The van der Waals surface area contributed by atoms with Gasteiger partial charge in [-0.1, -0.05) is 0 Å². The molecule has 1 amide bonds. The third-order valence-electron chi connectivity index (χ3n) is 4.45. The van der Waals surface area contributed by atoms with E-state index in [1.165, 1.54) is 4.88 Å². The van der Waals surface area contributed by atoms with Crippen molar-refractivity contribution in [2.24, 2.45) is 0 Å². The predicted octanol–water partition coefficient (Wildman–Crippen LogP) is 5.00. The predicted molar refractivity (Wildman–Crippen MR) is 113 cm³/mol. The summed E-state index contributed by atoms with van der Waals surface area (Å²) in [5.74, 6) is -0.184. The summed E-state index contributed by atoms with van der Waals surface area (Å²) in [5.41, 5.74) is 3.62. The minimum atomic E-state index is -0.184. The Bertz CT molecular complexity index is 1170. The standard InChI is InChI=1S/C21H21N5OS/c1-12(2)26-20-17(11-23-26)16(10-18(25-20)19-6-5-14(4)28-19)21(27)24-15-7-8-22-13(3)9-15/h5-12H,1-4H3,(H,22,24,27). The first kappa shape index (κ1) is 18.3. The lowest BCUT2D eigenvalue weighted by atomic mass is 10.1. The second-order valence-corrected chi connectivity index (χ2v) is 8.31. The largest absolute Gasteiger partial charge is 0.322 e. The molecular weight excluding hydrogens is 370 g/mol. The molecule has 0 aliphatic rings. The average molecular weight is 392 g/mol. The summed E-state index contributed by atoms with van der Waals surface area (Å²) in [7, 11) is 0. The van der Waals surface area contributed by atoms with Crippen molar-refractivity contribution in [1.29, 1.82) is 0 Å². The van der Waals surface area contributed by atoms with E-state index in [-0.39, 0.29) is 11.9 Å². The van der Waals surface area contributed by atoms with E-state index in [9.17, 15) is 4.79 Å². The van der Waals surface area contributed by atoms with Gasteiger partial charge in [0.1, 0.15) is 0 Å². The smallest absolute Gasteiger partial charge is 0.256 e. The Morgan fingerprint density at radius 1 is 1.18 bits per heavy atom. The van der Waals surface area contributed by atoms with E-state index in [4.69, 9.17) is 4.98 Å². The Morgan fingerprint density at radius 2 is 2.00 bits per heavy atom. The molecule has 0 aliphatic carbocycles. The monoisotopic (exact) mass is 391 g/mol. The summed E-state index contributed by atoms with van der Waals surface area (Å²) < 4.78 is 1.85. The zero-order chi connectivity index (χ0) is 19.8. The van der Waals surface area contributed by atoms with Crippen LogP contribution in [-0.4, -0.2) is 25.7 Å². The molecule has 6 nitrogen and oxygen atoms in total. The van der Waals surface area contributed by atoms with Crippen molar-refractivity contribution >= 4 is 34.0 Å². The second-order valence-electron chi connectivity index (χ2n) is 7.03. The molecule has 4 rings (SSSR count). The van der Waals surface area contributed by atoms with Crippen LogP contribution in [0, 0.1) is 13.8 Å². The van der Waals surface area contributed by atoms with E-state index >= 15 is 0 Å². The van der Waals surface area contributed by atoms with Crippen molar-refractivity contribution in [3.05, 3.63) is 58.9 Å². The number of hydrogen-bond donors (Lipinski definition) is 1. The van der Waals surface area contributed by atoms with Crippen molar-refractivity contribution < 1.29 is 4.79 Å². The summed E-state index contributed by atoms with van der Waals surface area (Å²) in [6, 6.07) is 9.72. The van der Waals surface area contributed by atoms with Crippen molar-refractivity contribution in [1.82, 2.24) is 19.7 Å². The fourth-order valence-corrected chi connectivity index (χ4v) is 3.93. The van der Waals surface area contributed by atoms with E-state index in [1.54, 1.807) is 29.8 Å². The summed E-state index contributed by atoms with van der Waals surface area (Å²) >= 11 is 1.66. The average Bonchev–Trinajstić information content (AvgIpc) is 3.27. The molecule has 28 heavy (non-hydrogen) atoms. The maximum atomic E-state index is 13.1. The number of nitrogens with one attached hydrogen (secondary N) is 1. The molecule has 4 aromatic rings. The highest BCUT2D eigenvalue weighted by atomic mass is 32.1. The molecule has 0 aromatic carbocycles. The molecule has 4 aromatic heterocycles. The Labute approximate surface area is 167 Å². The summed E-state index contributed by atoms with van der Waals surface area (Å²) in [5, 5.41) is 8.18. The number of carbonyl (C=O) groups excluding carboxylic acids is 1. The van der Waals surface area contributed by atoms with Gasteiger partial charge in [-0.2, -0.15) is 5.10 Å². The number of aromatic nitrogens is 4. The number of nitrogens with zero attached hydrogens (tertiary/aromatic N) is 4. The van der Waals surface area contributed by atoms with Crippen LogP contribution in [-0.2, 0) is 0 Å². The molecule has 0 radical (unpaired) electrons. The molecule has 4 heterocycles. The van der Waals surface area contributed by atoms with Crippen LogP contribution in [0.15, 0.2) is 42.7 Å². The molecule has 0 atom stereocenters. The van der Waals surface area contributed by atoms with Gasteiger partial charge in [0.2, 0.25) is 0 Å². The molecule has 0 fully saturated rings. The Morgan fingerprint density at radius 3 is 2.68 bits per heavy atom. The van der Waals surface area contributed by atoms with Crippen molar-refractivity contribution in [2.45, 2.75) is 33.7 Å². The van der Waals surface area contributed by atoms with Crippen LogP contribution >= 0.6 is 11.3 Å². The van der Waals surface area contributed by atoms with Gasteiger partial charge in [0.05, 0.1) is 27.7 Å². The molecule has 0 aliphatic heterocycles. The van der Waals surface area contributed by atoms with Crippen LogP contribution in [0.25, 0.3) is 21.6 Å². The van der Waals surface area contributed by atoms with E-state index in [2.05, 4.69) is 42.2 Å². The first-order valence-corrected chi connectivity index (χ1v) is 9.93. The molecule has 142 valence electrons. The number of hydrogen-bond acceptors (Lipinski definition) is 5. The minimum absolute atomic E-state index is 0.143. The van der Waals surface area contributed by atoms with E-state index in [0.717, 1.165) is 27.3 Å². The molecule has 0 saturated carbocycles. The van der Waals surface area contributed by atoms with E-state index in [0.29, 0.717) is 11.3 Å². The van der Waals surface area contributed by atoms with Gasteiger partial charge in [-0.15, -0.1) is 11.3 Å². The maximum Gasteiger partial charge on any atom is 0.256 e. The lowest BCUT2D eigenvalue weighted by Gasteiger charge is -2.10. The van der Waals surface area contributed by atoms with Crippen LogP contribution < -0.4 is 5.32 Å². The second kappa shape index (κ2) is 7.16. The molecule has 0 unspecified atom stereocenters. The SMILES string of the molecule is Cc1cc(NC(=O)c2cc(-c3ccc(C)s3)nc3c2cnn3C(C)C)ccn1. The van der Waals surface area contributed by atoms with Gasteiger partial charge in [-0.3, -0.25) is 9.78 Å². The lowest BCUT2D eigenvalue weighted by Crippen LogP contribution is -2.13. The Balaban J connectivity index is 1.85. The fourth-order valence-electron chi connectivity index (χ4n) is 3.10. The third kappa shape index (κ3) is 3.41. The molecule has 0 bridgehead atoms. The maximum absolute atomic E-state index is 13.1. The summed E-state index contributed by atoms with van der Waals surface area (Å²) in [4.78, 5) is 24.3. The summed E-state index contributed by atoms with van der Waals surface area (Å²) in [6.45, 7) is 8.06. The number of carbonyl (C=O) groups is 1. The van der Waals surface area contributed by atoms with Crippen molar-refractivity contribution in [2.75, 3.05) is 5.32 Å². The molecule has 0 saturated heterocycles. The van der Waals surface area contributed by atoms with Gasteiger partial charge in [0.25, 0.3) is 5.91 Å². The zero-order valence-electron chi connectivity index (χ0n) is 16.2. The van der Waals surface area contributed by atoms with Crippen LogP contribution in [0.4, 0.5) is 5.69 Å². The zero-order valence-corrected chi connectivity index (χ0v) is 17.0. The van der Waals surface area contributed by atoms with Crippen molar-refractivity contribution in [3.8, 4) is 10.6 Å². The molecule has 7 heteroatoms. The number of rotatable bonds is 4. The lowest BCUT2D eigenvalue weighted by molar-refractivity contribution is 0.102. The van der Waals surface area contributed by atoms with Gasteiger partial charge < -0.3 is 5.32 Å². The highest BCUT2D eigenvalue weighted by molar-refractivity contribution is 7.15. The number of aryl methyl sites for hydroxylation is 2. The quantitative estimate of drug-likeness (QED) is 0.531. The highest BCUT2D eigenvalue weighted by Crippen LogP contribution is 2.31. The minimum Gasteiger partial charge on any atom is -0.322 e. The molecule has 1 N–H and O–H groups in total. The Kier molecular flexibility index (Phi) is 4.68. The fraction of sp³-hybridized carbons (Fsp3) is 0.238. The van der Waals surface area contributed by atoms with Gasteiger partial charge in [-0.05, 0) is 58.0 Å². The third-order valence-corrected chi connectivity index (χ3v) is 5.47. The first-order chi connectivity index (χ1) is 13.4. The highest BCUT2D eigenvalue weighted by Gasteiger charge is 2.19. The Hall–Kier alpha value is -3.06. The topological polar surface area (TPSA) is 72.7 Å². The normalized spacial score (nSPS) is 11.3.